The van der Waals surface area contributed by atoms with E-state index in [1.165, 1.54) is 12.1 Å². The first-order valence-corrected chi connectivity index (χ1v) is 8.53. The summed E-state index contributed by atoms with van der Waals surface area (Å²) in [4.78, 5) is 8.83. The van der Waals surface area contributed by atoms with E-state index in [2.05, 4.69) is 25.3 Å². The SMILES string of the molecule is CCNC(=NCc1cc(Cl)ccc1OC(F)F)NCc1cccc(C)n1.I. The van der Waals surface area contributed by atoms with Crippen LogP contribution in [0, 0.1) is 6.92 Å². The third-order valence-corrected chi connectivity index (χ3v) is 3.61. The molecule has 0 fully saturated rings. The van der Waals surface area contributed by atoms with E-state index in [4.69, 9.17) is 11.6 Å². The van der Waals surface area contributed by atoms with Crippen LogP contribution in [0.2, 0.25) is 5.02 Å². The van der Waals surface area contributed by atoms with Gasteiger partial charge in [0.05, 0.1) is 18.8 Å². The Bertz CT molecular complexity index is 762. The van der Waals surface area contributed by atoms with E-state index in [0.29, 0.717) is 29.6 Å². The predicted octanol–water partition coefficient (Wildman–Crippen LogP) is 4.52. The molecular weight excluding hydrogens is 489 g/mol. The van der Waals surface area contributed by atoms with E-state index in [1.807, 2.05) is 32.0 Å². The fourth-order valence-electron chi connectivity index (χ4n) is 2.26. The molecule has 2 rings (SSSR count). The molecule has 2 N–H and O–H groups in total. The fourth-order valence-corrected chi connectivity index (χ4v) is 2.46. The van der Waals surface area contributed by atoms with Crippen molar-refractivity contribution in [3.05, 3.63) is 58.4 Å². The molecule has 0 spiro atoms. The first-order valence-electron chi connectivity index (χ1n) is 8.16. The molecule has 0 aliphatic rings. The Morgan fingerprint density at radius 2 is 2.04 bits per heavy atom. The lowest BCUT2D eigenvalue weighted by molar-refractivity contribution is -0.0504. The summed E-state index contributed by atoms with van der Waals surface area (Å²) in [5, 5.41) is 6.69. The van der Waals surface area contributed by atoms with E-state index in [1.54, 1.807) is 6.07 Å². The van der Waals surface area contributed by atoms with Crippen LogP contribution in [0.1, 0.15) is 23.9 Å². The number of halogens is 4. The second-order valence-corrected chi connectivity index (χ2v) is 5.89. The molecule has 148 valence electrons. The zero-order chi connectivity index (χ0) is 18.9. The quantitative estimate of drug-likeness (QED) is 0.327. The summed E-state index contributed by atoms with van der Waals surface area (Å²) >= 11 is 5.95. The minimum Gasteiger partial charge on any atom is -0.434 e. The summed E-state index contributed by atoms with van der Waals surface area (Å²) < 4.78 is 29.6. The van der Waals surface area contributed by atoms with Crippen molar-refractivity contribution >= 4 is 41.5 Å². The van der Waals surface area contributed by atoms with E-state index >= 15 is 0 Å². The Balaban J connectivity index is 0.00000364. The van der Waals surface area contributed by atoms with Crippen molar-refractivity contribution in [3.8, 4) is 5.75 Å². The number of aliphatic imine (C=N–C) groups is 1. The maximum atomic E-state index is 12.5. The van der Waals surface area contributed by atoms with Gasteiger partial charge in [-0.1, -0.05) is 17.7 Å². The number of ether oxygens (including phenoxy) is 1. The number of benzene rings is 1. The number of aromatic nitrogens is 1. The fraction of sp³-hybridized carbons (Fsp3) is 0.333. The zero-order valence-electron chi connectivity index (χ0n) is 15.0. The molecule has 0 amide bonds. The first kappa shape index (κ1) is 23.4. The molecule has 1 aromatic carbocycles. The largest absolute Gasteiger partial charge is 0.434 e. The van der Waals surface area contributed by atoms with Gasteiger partial charge in [-0.3, -0.25) is 4.98 Å². The molecule has 0 saturated carbocycles. The van der Waals surface area contributed by atoms with Crippen LogP contribution in [0.5, 0.6) is 5.75 Å². The van der Waals surface area contributed by atoms with Crippen molar-refractivity contribution in [2.24, 2.45) is 4.99 Å². The highest BCUT2D eigenvalue weighted by Crippen LogP contribution is 2.25. The average Bonchev–Trinajstić information content (AvgIpc) is 2.59. The molecule has 2 aromatic rings. The van der Waals surface area contributed by atoms with Crippen molar-refractivity contribution in [2.75, 3.05) is 6.54 Å². The van der Waals surface area contributed by atoms with Crippen molar-refractivity contribution < 1.29 is 13.5 Å². The maximum absolute atomic E-state index is 12.5. The summed E-state index contributed by atoms with van der Waals surface area (Å²) in [6.07, 6.45) is 0. The number of nitrogens with zero attached hydrogens (tertiary/aromatic N) is 2. The Morgan fingerprint density at radius 1 is 1.26 bits per heavy atom. The highest BCUT2D eigenvalue weighted by molar-refractivity contribution is 14.0. The van der Waals surface area contributed by atoms with Crippen molar-refractivity contribution in [3.63, 3.8) is 0 Å². The van der Waals surface area contributed by atoms with Gasteiger partial charge in [0.1, 0.15) is 5.75 Å². The van der Waals surface area contributed by atoms with Gasteiger partial charge in [0.25, 0.3) is 0 Å². The zero-order valence-corrected chi connectivity index (χ0v) is 18.1. The third-order valence-electron chi connectivity index (χ3n) is 3.37. The predicted molar refractivity (Wildman–Crippen MR) is 114 cm³/mol. The van der Waals surface area contributed by atoms with Crippen LogP contribution in [-0.4, -0.2) is 24.1 Å². The Morgan fingerprint density at radius 3 is 2.70 bits per heavy atom. The van der Waals surface area contributed by atoms with Crippen molar-refractivity contribution in [2.45, 2.75) is 33.5 Å². The Labute approximate surface area is 179 Å². The monoisotopic (exact) mass is 510 g/mol. The average molecular weight is 511 g/mol. The van der Waals surface area contributed by atoms with E-state index in [-0.39, 0.29) is 36.3 Å². The van der Waals surface area contributed by atoms with Gasteiger partial charge in [-0.2, -0.15) is 8.78 Å². The molecule has 0 bridgehead atoms. The topological polar surface area (TPSA) is 58.5 Å². The number of alkyl halides is 2. The Kier molecular flexibility index (Phi) is 10.3. The Hall–Kier alpha value is -1.68. The van der Waals surface area contributed by atoms with Crippen LogP contribution in [0.4, 0.5) is 8.78 Å². The molecule has 0 atom stereocenters. The number of hydrogen-bond acceptors (Lipinski definition) is 3. The molecule has 0 radical (unpaired) electrons. The minimum atomic E-state index is -2.90. The van der Waals surface area contributed by atoms with Gasteiger partial charge in [-0.05, 0) is 44.2 Å². The van der Waals surface area contributed by atoms with Crippen LogP contribution in [0.3, 0.4) is 0 Å². The summed E-state index contributed by atoms with van der Waals surface area (Å²) in [5.74, 6) is 0.600. The van der Waals surface area contributed by atoms with E-state index in [9.17, 15) is 8.78 Å². The smallest absolute Gasteiger partial charge is 0.387 e. The second kappa shape index (κ2) is 11.9. The number of nitrogens with one attached hydrogen (secondary N) is 2. The molecule has 0 aliphatic carbocycles. The van der Waals surface area contributed by atoms with Gasteiger partial charge >= 0.3 is 6.61 Å². The number of pyridine rings is 1. The van der Waals surface area contributed by atoms with Crippen molar-refractivity contribution in [1.29, 1.82) is 0 Å². The summed E-state index contributed by atoms with van der Waals surface area (Å²) in [6, 6.07) is 10.2. The lowest BCUT2D eigenvalue weighted by Gasteiger charge is -2.13. The number of hydrogen-bond donors (Lipinski definition) is 2. The summed E-state index contributed by atoms with van der Waals surface area (Å²) in [5.41, 5.74) is 2.28. The van der Waals surface area contributed by atoms with Gasteiger partial charge < -0.3 is 15.4 Å². The van der Waals surface area contributed by atoms with Crippen LogP contribution >= 0.6 is 35.6 Å². The molecule has 1 heterocycles. The maximum Gasteiger partial charge on any atom is 0.387 e. The highest BCUT2D eigenvalue weighted by atomic mass is 127. The molecule has 0 saturated heterocycles. The van der Waals surface area contributed by atoms with Crippen LogP contribution < -0.4 is 15.4 Å². The van der Waals surface area contributed by atoms with Crippen LogP contribution in [0.15, 0.2) is 41.4 Å². The number of guanidine groups is 1. The molecular formula is C18H22ClF2IN4O. The van der Waals surface area contributed by atoms with Gasteiger partial charge in [0.15, 0.2) is 5.96 Å². The van der Waals surface area contributed by atoms with Gasteiger partial charge in [0, 0.05) is 22.8 Å². The van der Waals surface area contributed by atoms with Gasteiger partial charge in [-0.25, -0.2) is 4.99 Å². The third kappa shape index (κ3) is 8.25. The van der Waals surface area contributed by atoms with Crippen LogP contribution in [0.25, 0.3) is 0 Å². The molecule has 0 aliphatic heterocycles. The molecule has 5 nitrogen and oxygen atoms in total. The second-order valence-electron chi connectivity index (χ2n) is 5.45. The standard InChI is InChI=1S/C18H21ClF2N4O.HI/c1-3-22-18(24-11-15-6-4-5-12(2)25-15)23-10-13-9-14(19)7-8-16(13)26-17(20)21;/h4-9,17H,3,10-11H2,1-2H3,(H2,22,23,24);1H. The van der Waals surface area contributed by atoms with Gasteiger partial charge in [-0.15, -0.1) is 24.0 Å². The normalized spacial score (nSPS) is 11.1. The molecule has 27 heavy (non-hydrogen) atoms. The van der Waals surface area contributed by atoms with Gasteiger partial charge in [0.2, 0.25) is 0 Å². The van der Waals surface area contributed by atoms with E-state index in [0.717, 1.165) is 11.4 Å². The first-order chi connectivity index (χ1) is 12.5. The number of rotatable bonds is 7. The minimum absolute atomic E-state index is 0. The number of aryl methyl sites for hydroxylation is 1. The molecule has 0 unspecified atom stereocenters. The lowest BCUT2D eigenvalue weighted by Crippen LogP contribution is -2.37. The lowest BCUT2D eigenvalue weighted by atomic mass is 10.2. The molecule has 9 heteroatoms. The van der Waals surface area contributed by atoms with E-state index < -0.39 is 6.61 Å². The van der Waals surface area contributed by atoms with Crippen molar-refractivity contribution in [1.82, 2.24) is 15.6 Å². The summed E-state index contributed by atoms with van der Waals surface area (Å²) in [7, 11) is 0. The molecule has 1 aromatic heterocycles. The van der Waals surface area contributed by atoms with Crippen LogP contribution in [-0.2, 0) is 13.1 Å². The highest BCUT2D eigenvalue weighted by Gasteiger charge is 2.10. The summed E-state index contributed by atoms with van der Waals surface area (Å²) in [6.45, 7) is 2.24.